The third-order valence-electron chi connectivity index (χ3n) is 5.18. The van der Waals surface area contributed by atoms with E-state index in [0.717, 1.165) is 60.8 Å². The molecule has 1 aliphatic rings. The van der Waals surface area contributed by atoms with Crippen molar-refractivity contribution < 1.29 is 9.59 Å². The Bertz CT molecular complexity index is 781. The van der Waals surface area contributed by atoms with Crippen LogP contribution < -0.4 is 10.6 Å². The van der Waals surface area contributed by atoms with Crippen molar-refractivity contribution in [1.82, 2.24) is 0 Å². The summed E-state index contributed by atoms with van der Waals surface area (Å²) in [5.41, 5.74) is 8.84. The highest BCUT2D eigenvalue weighted by molar-refractivity contribution is 9.10. The topological polar surface area (TPSA) is 63.4 Å². The summed E-state index contributed by atoms with van der Waals surface area (Å²) < 4.78 is 0.853. The fraction of sp³-hybridized carbons (Fsp3) is 0.333. The van der Waals surface area contributed by atoms with Crippen molar-refractivity contribution >= 4 is 33.8 Å². The first-order chi connectivity index (χ1) is 12.6. The Kier molecular flexibility index (Phi) is 6.09. The molecule has 1 heterocycles. The predicted octanol–water partition coefficient (Wildman–Crippen LogP) is 4.21. The number of rotatable bonds is 6. The normalized spacial score (nSPS) is 15.0. The van der Waals surface area contributed by atoms with Crippen LogP contribution in [0.5, 0.6) is 0 Å². The zero-order valence-electron chi connectivity index (χ0n) is 14.7. The van der Waals surface area contributed by atoms with E-state index in [-0.39, 0.29) is 5.91 Å². The van der Waals surface area contributed by atoms with E-state index in [1.807, 2.05) is 30.3 Å². The van der Waals surface area contributed by atoms with Gasteiger partial charge in [-0.15, -0.1) is 0 Å². The molecule has 0 radical (unpaired) electrons. The number of primary amides is 1. The number of aldehydes is 1. The van der Waals surface area contributed by atoms with Crippen LogP contribution in [0.25, 0.3) is 0 Å². The van der Waals surface area contributed by atoms with Crippen LogP contribution in [-0.2, 0) is 6.42 Å². The van der Waals surface area contributed by atoms with Crippen molar-refractivity contribution in [3.8, 4) is 0 Å². The van der Waals surface area contributed by atoms with Gasteiger partial charge < -0.3 is 10.6 Å². The van der Waals surface area contributed by atoms with Gasteiger partial charge in [0.15, 0.2) is 6.29 Å². The van der Waals surface area contributed by atoms with Crippen molar-refractivity contribution in [2.75, 3.05) is 18.0 Å². The molecular formula is C21H23BrN2O2. The molecule has 3 rings (SSSR count). The maximum absolute atomic E-state index is 11.4. The second-order valence-electron chi connectivity index (χ2n) is 6.82. The molecule has 0 bridgehead atoms. The summed E-state index contributed by atoms with van der Waals surface area (Å²) in [6.45, 7) is 1.95. The van der Waals surface area contributed by atoms with Crippen molar-refractivity contribution in [2.45, 2.75) is 25.7 Å². The highest BCUT2D eigenvalue weighted by atomic mass is 79.9. The van der Waals surface area contributed by atoms with Crippen LogP contribution in [0.4, 0.5) is 5.69 Å². The minimum Gasteiger partial charge on any atom is -0.371 e. The molecular weight excluding hydrogens is 392 g/mol. The van der Waals surface area contributed by atoms with Gasteiger partial charge in [0.2, 0.25) is 5.91 Å². The van der Waals surface area contributed by atoms with Crippen LogP contribution in [0, 0.1) is 5.92 Å². The Morgan fingerprint density at radius 1 is 1.15 bits per heavy atom. The summed E-state index contributed by atoms with van der Waals surface area (Å²) in [6.07, 6.45) is 5.35. The summed E-state index contributed by atoms with van der Waals surface area (Å²) in [5, 5.41) is 0. The number of carbonyl (C=O) groups is 2. The number of halogens is 1. The number of amides is 1. The molecule has 1 saturated heterocycles. The van der Waals surface area contributed by atoms with Gasteiger partial charge in [0.05, 0.1) is 5.56 Å². The van der Waals surface area contributed by atoms with Crippen molar-refractivity contribution in [1.29, 1.82) is 0 Å². The molecule has 0 unspecified atom stereocenters. The van der Waals surface area contributed by atoms with Gasteiger partial charge >= 0.3 is 0 Å². The first kappa shape index (κ1) is 18.6. The molecule has 1 amide bonds. The molecule has 26 heavy (non-hydrogen) atoms. The Morgan fingerprint density at radius 2 is 1.85 bits per heavy atom. The SMILES string of the molecule is NC(=O)c1ccc(CCC2CCN(c3cccc(Br)c3C=O)CC2)cc1. The summed E-state index contributed by atoms with van der Waals surface area (Å²) in [6, 6.07) is 13.5. The summed E-state index contributed by atoms with van der Waals surface area (Å²) in [4.78, 5) is 24.8. The molecule has 5 heteroatoms. The van der Waals surface area contributed by atoms with Crippen LogP contribution >= 0.6 is 15.9 Å². The van der Waals surface area contributed by atoms with E-state index in [1.165, 1.54) is 5.56 Å². The van der Waals surface area contributed by atoms with Gasteiger partial charge in [0.1, 0.15) is 0 Å². The van der Waals surface area contributed by atoms with E-state index in [2.05, 4.69) is 20.8 Å². The lowest BCUT2D eigenvalue weighted by atomic mass is 9.90. The van der Waals surface area contributed by atoms with Gasteiger partial charge in [-0.3, -0.25) is 9.59 Å². The molecule has 2 aromatic rings. The maximum Gasteiger partial charge on any atom is 0.248 e. The summed E-state index contributed by atoms with van der Waals surface area (Å²) in [5.74, 6) is 0.306. The smallest absolute Gasteiger partial charge is 0.248 e. The third-order valence-corrected chi connectivity index (χ3v) is 5.87. The largest absolute Gasteiger partial charge is 0.371 e. The van der Waals surface area contributed by atoms with E-state index in [9.17, 15) is 9.59 Å². The van der Waals surface area contributed by atoms with Crippen LogP contribution in [-0.4, -0.2) is 25.3 Å². The first-order valence-electron chi connectivity index (χ1n) is 8.96. The molecule has 0 aliphatic carbocycles. The second kappa shape index (κ2) is 8.49. The Hall–Kier alpha value is -2.14. The number of hydrogen-bond donors (Lipinski definition) is 1. The lowest BCUT2D eigenvalue weighted by Crippen LogP contribution is -2.34. The molecule has 1 fully saturated rings. The minimum atomic E-state index is -0.383. The van der Waals surface area contributed by atoms with Gasteiger partial charge in [-0.25, -0.2) is 0 Å². The Morgan fingerprint density at radius 3 is 2.46 bits per heavy atom. The molecule has 2 N–H and O–H groups in total. The fourth-order valence-electron chi connectivity index (χ4n) is 3.59. The molecule has 2 aromatic carbocycles. The number of anilines is 1. The Balaban J connectivity index is 1.53. The van der Waals surface area contributed by atoms with Gasteiger partial charge in [-0.05, 0) is 77.4 Å². The third kappa shape index (κ3) is 4.33. The van der Waals surface area contributed by atoms with E-state index in [4.69, 9.17) is 5.73 Å². The van der Waals surface area contributed by atoms with E-state index in [0.29, 0.717) is 11.5 Å². The lowest BCUT2D eigenvalue weighted by Gasteiger charge is -2.34. The van der Waals surface area contributed by atoms with Crippen LogP contribution in [0.1, 0.15) is 45.5 Å². The van der Waals surface area contributed by atoms with E-state index < -0.39 is 0 Å². The number of nitrogens with two attached hydrogens (primary N) is 1. The molecule has 0 saturated carbocycles. The van der Waals surface area contributed by atoms with Gasteiger partial charge in [-0.2, -0.15) is 0 Å². The number of carbonyl (C=O) groups excluding carboxylic acids is 2. The lowest BCUT2D eigenvalue weighted by molar-refractivity contribution is 0.0999. The highest BCUT2D eigenvalue weighted by Crippen LogP contribution is 2.31. The molecule has 4 nitrogen and oxygen atoms in total. The quantitative estimate of drug-likeness (QED) is 0.719. The zero-order valence-corrected chi connectivity index (χ0v) is 16.2. The van der Waals surface area contributed by atoms with Gasteiger partial charge in [0.25, 0.3) is 0 Å². The van der Waals surface area contributed by atoms with E-state index >= 15 is 0 Å². The summed E-state index contributed by atoms with van der Waals surface area (Å²) in [7, 11) is 0. The number of nitrogens with zero attached hydrogens (tertiary/aromatic N) is 1. The average Bonchev–Trinajstić information content (AvgIpc) is 2.67. The minimum absolute atomic E-state index is 0.383. The molecule has 0 spiro atoms. The molecule has 0 atom stereocenters. The average molecular weight is 415 g/mol. The van der Waals surface area contributed by atoms with Gasteiger partial charge in [-0.1, -0.05) is 18.2 Å². The molecule has 1 aliphatic heterocycles. The van der Waals surface area contributed by atoms with Gasteiger partial charge in [0, 0.05) is 28.8 Å². The van der Waals surface area contributed by atoms with Crippen molar-refractivity contribution in [2.24, 2.45) is 11.7 Å². The van der Waals surface area contributed by atoms with Crippen molar-refractivity contribution in [3.63, 3.8) is 0 Å². The second-order valence-corrected chi connectivity index (χ2v) is 7.68. The number of hydrogen-bond acceptors (Lipinski definition) is 3. The number of benzene rings is 2. The predicted molar refractivity (Wildman–Crippen MR) is 108 cm³/mol. The number of piperidine rings is 1. The van der Waals surface area contributed by atoms with Crippen LogP contribution in [0.3, 0.4) is 0 Å². The van der Waals surface area contributed by atoms with E-state index in [1.54, 1.807) is 12.1 Å². The molecule has 136 valence electrons. The maximum atomic E-state index is 11.4. The number of aryl methyl sites for hydroxylation is 1. The highest BCUT2D eigenvalue weighted by Gasteiger charge is 2.21. The summed E-state index contributed by atoms with van der Waals surface area (Å²) >= 11 is 3.46. The van der Waals surface area contributed by atoms with Crippen LogP contribution in [0.15, 0.2) is 46.9 Å². The monoisotopic (exact) mass is 414 g/mol. The Labute approximate surface area is 162 Å². The first-order valence-corrected chi connectivity index (χ1v) is 9.75. The molecule has 0 aromatic heterocycles. The fourth-order valence-corrected chi connectivity index (χ4v) is 4.04. The standard InChI is InChI=1S/C21H23BrN2O2/c22-19-2-1-3-20(18(19)14-25)24-12-10-16(11-13-24)5-4-15-6-8-17(9-7-15)21(23)26/h1-3,6-9,14,16H,4-5,10-13H2,(H2,23,26). The van der Waals surface area contributed by atoms with Crippen LogP contribution in [0.2, 0.25) is 0 Å². The van der Waals surface area contributed by atoms with Crippen molar-refractivity contribution in [3.05, 3.63) is 63.6 Å². The zero-order chi connectivity index (χ0) is 18.5.